The first-order valence-corrected chi connectivity index (χ1v) is 8.60. The molecule has 2 aromatic heterocycles. The van der Waals surface area contributed by atoms with E-state index >= 15 is 0 Å². The van der Waals surface area contributed by atoms with Crippen molar-refractivity contribution >= 4 is 27.2 Å². The Balaban J connectivity index is 1.66. The van der Waals surface area contributed by atoms with Crippen LogP contribution in [-0.2, 0) is 6.54 Å². The summed E-state index contributed by atoms with van der Waals surface area (Å²) in [6, 6.07) is 17.0. The Bertz CT molecular complexity index is 1120. The van der Waals surface area contributed by atoms with Crippen molar-refractivity contribution in [3.8, 4) is 11.5 Å². The lowest BCUT2D eigenvalue weighted by atomic mass is 10.1. The van der Waals surface area contributed by atoms with Gasteiger partial charge in [-0.1, -0.05) is 36.4 Å². The number of benzene rings is 2. The molecule has 0 radical (unpaired) electrons. The van der Waals surface area contributed by atoms with Crippen LogP contribution in [-0.4, -0.2) is 15.6 Å². The van der Waals surface area contributed by atoms with E-state index in [0.29, 0.717) is 10.4 Å². The van der Waals surface area contributed by atoms with Gasteiger partial charge in [-0.05, 0) is 36.1 Å². The van der Waals surface area contributed by atoms with Crippen molar-refractivity contribution in [2.75, 3.05) is 0 Å². The van der Waals surface area contributed by atoms with E-state index in [-0.39, 0.29) is 18.2 Å². The van der Waals surface area contributed by atoms with E-state index in [4.69, 9.17) is 4.42 Å². The third-order valence-electron chi connectivity index (χ3n) is 4.02. The maximum atomic E-state index is 12.7. The number of aryl methyl sites for hydroxylation is 1. The summed E-state index contributed by atoms with van der Waals surface area (Å²) in [5.74, 6) is -0.564. The first kappa shape index (κ1) is 15.5. The molecule has 0 aliphatic heterocycles. The largest absolute Gasteiger partial charge is 0.437 e. The highest BCUT2D eigenvalue weighted by Gasteiger charge is 2.18. The molecule has 0 atom stereocenters. The Hall–Kier alpha value is -2.99. The number of nitrogens with zero attached hydrogens (tertiary/aromatic N) is 2. The fourth-order valence-electron chi connectivity index (χ4n) is 2.75. The highest BCUT2D eigenvalue weighted by molar-refractivity contribution is 7.21. The molecule has 2 heterocycles. The standard InChI is InChI=1S/C19H14N2O3S/c1-12-14-9-5-6-10-16(14)25-17(12)15(22)11-21-19(23)24-18(20-21)13-7-3-2-4-8-13/h2-10H,11H2,1H3. The van der Waals surface area contributed by atoms with E-state index < -0.39 is 5.76 Å². The monoisotopic (exact) mass is 350 g/mol. The van der Waals surface area contributed by atoms with Crippen LogP contribution in [0.1, 0.15) is 15.2 Å². The zero-order valence-electron chi connectivity index (χ0n) is 13.4. The molecule has 4 aromatic rings. The Labute approximate surface area is 147 Å². The summed E-state index contributed by atoms with van der Waals surface area (Å²) in [7, 11) is 0. The van der Waals surface area contributed by atoms with Crippen molar-refractivity contribution in [1.29, 1.82) is 0 Å². The molecule has 0 amide bonds. The van der Waals surface area contributed by atoms with Crippen LogP contribution in [0.2, 0.25) is 0 Å². The number of hydrogen-bond acceptors (Lipinski definition) is 5. The topological polar surface area (TPSA) is 65.1 Å². The molecular weight excluding hydrogens is 336 g/mol. The molecule has 0 unspecified atom stereocenters. The molecule has 0 bridgehead atoms. The second-order valence-corrected chi connectivity index (χ2v) is 6.72. The van der Waals surface area contributed by atoms with Gasteiger partial charge in [0, 0.05) is 10.3 Å². The van der Waals surface area contributed by atoms with Crippen LogP contribution in [0.15, 0.2) is 63.8 Å². The first-order chi connectivity index (χ1) is 12.1. The average Bonchev–Trinajstić information content (AvgIpc) is 3.17. The van der Waals surface area contributed by atoms with Crippen molar-refractivity contribution in [2.45, 2.75) is 13.5 Å². The number of carbonyl (C=O) groups is 1. The second kappa shape index (κ2) is 6.14. The average molecular weight is 350 g/mol. The van der Waals surface area contributed by atoms with Gasteiger partial charge in [-0.25, -0.2) is 4.79 Å². The number of carbonyl (C=O) groups excluding carboxylic acids is 1. The van der Waals surface area contributed by atoms with E-state index in [1.54, 1.807) is 12.1 Å². The quantitative estimate of drug-likeness (QED) is 0.524. The lowest BCUT2D eigenvalue weighted by Gasteiger charge is -1.98. The van der Waals surface area contributed by atoms with Gasteiger partial charge < -0.3 is 4.42 Å². The fourth-order valence-corrected chi connectivity index (χ4v) is 3.89. The Morgan fingerprint density at radius 3 is 2.60 bits per heavy atom. The van der Waals surface area contributed by atoms with E-state index in [1.165, 1.54) is 11.3 Å². The molecule has 0 saturated carbocycles. The van der Waals surface area contributed by atoms with Gasteiger partial charge in [-0.2, -0.15) is 4.68 Å². The first-order valence-electron chi connectivity index (χ1n) is 7.78. The van der Waals surface area contributed by atoms with Crippen LogP contribution in [0.3, 0.4) is 0 Å². The van der Waals surface area contributed by atoms with Gasteiger partial charge in [0.1, 0.15) is 6.54 Å². The fraction of sp³-hybridized carbons (Fsp3) is 0.105. The van der Waals surface area contributed by atoms with E-state index in [2.05, 4.69) is 5.10 Å². The van der Waals surface area contributed by atoms with Crippen molar-refractivity contribution < 1.29 is 9.21 Å². The third-order valence-corrected chi connectivity index (χ3v) is 5.33. The van der Waals surface area contributed by atoms with Crippen molar-refractivity contribution in [3.63, 3.8) is 0 Å². The molecule has 0 saturated heterocycles. The van der Waals surface area contributed by atoms with E-state index in [9.17, 15) is 9.59 Å². The van der Waals surface area contributed by atoms with Gasteiger partial charge in [-0.15, -0.1) is 16.4 Å². The highest BCUT2D eigenvalue weighted by atomic mass is 32.1. The molecule has 0 aliphatic carbocycles. The van der Waals surface area contributed by atoms with Crippen LogP contribution in [0, 0.1) is 6.92 Å². The minimum absolute atomic E-state index is 0.136. The maximum absolute atomic E-state index is 12.7. The zero-order valence-corrected chi connectivity index (χ0v) is 14.2. The van der Waals surface area contributed by atoms with Gasteiger partial charge in [0.05, 0.1) is 4.88 Å². The number of thiophene rings is 1. The lowest BCUT2D eigenvalue weighted by molar-refractivity contribution is 0.0968. The minimum atomic E-state index is -0.633. The summed E-state index contributed by atoms with van der Waals surface area (Å²) < 4.78 is 7.31. The summed E-state index contributed by atoms with van der Waals surface area (Å²) in [5.41, 5.74) is 1.63. The van der Waals surface area contributed by atoms with Crippen LogP contribution in [0.5, 0.6) is 0 Å². The number of rotatable bonds is 4. The summed E-state index contributed by atoms with van der Waals surface area (Å²) in [6.07, 6.45) is 0. The number of fused-ring (bicyclic) bond motifs is 1. The zero-order chi connectivity index (χ0) is 17.4. The molecule has 2 aromatic carbocycles. The van der Waals surface area contributed by atoms with Crippen molar-refractivity contribution in [1.82, 2.24) is 9.78 Å². The third kappa shape index (κ3) is 2.81. The maximum Gasteiger partial charge on any atom is 0.437 e. The highest BCUT2D eigenvalue weighted by Crippen LogP contribution is 2.31. The number of ketones is 1. The van der Waals surface area contributed by atoms with Crippen molar-refractivity contribution in [3.05, 3.63) is 75.6 Å². The number of hydrogen-bond donors (Lipinski definition) is 0. The Morgan fingerprint density at radius 1 is 1.12 bits per heavy atom. The molecule has 0 fully saturated rings. The molecular formula is C19H14N2O3S. The molecule has 124 valence electrons. The minimum Gasteiger partial charge on any atom is -0.388 e. The second-order valence-electron chi connectivity index (χ2n) is 5.67. The molecule has 25 heavy (non-hydrogen) atoms. The van der Waals surface area contributed by atoms with Gasteiger partial charge in [0.2, 0.25) is 5.89 Å². The smallest absolute Gasteiger partial charge is 0.388 e. The predicted molar refractivity (Wildman–Crippen MR) is 97.1 cm³/mol. The normalized spacial score (nSPS) is 11.1. The SMILES string of the molecule is Cc1c(C(=O)Cn2nc(-c3ccccc3)oc2=O)sc2ccccc12. The van der Waals surface area contributed by atoms with Crippen LogP contribution < -0.4 is 5.76 Å². The van der Waals surface area contributed by atoms with Crippen LogP contribution in [0.4, 0.5) is 0 Å². The molecule has 0 N–H and O–H groups in total. The number of aromatic nitrogens is 2. The molecule has 0 spiro atoms. The van der Waals surface area contributed by atoms with Crippen molar-refractivity contribution in [2.24, 2.45) is 0 Å². The summed E-state index contributed by atoms with van der Waals surface area (Å²) >= 11 is 1.44. The van der Waals surface area contributed by atoms with Crippen LogP contribution >= 0.6 is 11.3 Å². The van der Waals surface area contributed by atoms with Gasteiger partial charge >= 0.3 is 5.76 Å². The number of Topliss-reactive ketones (excluding diaryl/α,β-unsaturated/α-hetero) is 1. The Kier molecular flexibility index (Phi) is 3.82. The summed E-state index contributed by atoms with van der Waals surface area (Å²) in [4.78, 5) is 25.3. The van der Waals surface area contributed by atoms with Gasteiger partial charge in [0.25, 0.3) is 0 Å². The summed E-state index contributed by atoms with van der Waals surface area (Å²) in [5, 5.41) is 5.21. The van der Waals surface area contributed by atoms with E-state index in [0.717, 1.165) is 20.3 Å². The lowest BCUT2D eigenvalue weighted by Crippen LogP contribution is -2.21. The Morgan fingerprint density at radius 2 is 1.84 bits per heavy atom. The summed E-state index contributed by atoms with van der Waals surface area (Å²) in [6.45, 7) is 1.79. The van der Waals surface area contributed by atoms with Gasteiger partial charge in [-0.3, -0.25) is 4.79 Å². The molecule has 5 nitrogen and oxygen atoms in total. The van der Waals surface area contributed by atoms with Gasteiger partial charge in [0.15, 0.2) is 5.78 Å². The van der Waals surface area contributed by atoms with Crippen LogP contribution in [0.25, 0.3) is 21.5 Å². The molecule has 0 aliphatic rings. The molecule has 4 rings (SSSR count). The predicted octanol–water partition coefficient (Wildman–Crippen LogP) is 3.91. The van der Waals surface area contributed by atoms with E-state index in [1.807, 2.05) is 49.4 Å². The molecule has 6 heteroatoms.